The summed E-state index contributed by atoms with van der Waals surface area (Å²) < 4.78 is 1.08. The van der Waals surface area contributed by atoms with Crippen molar-refractivity contribution in [2.75, 3.05) is 31.1 Å². The van der Waals surface area contributed by atoms with Crippen LogP contribution in [0, 0.1) is 0 Å². The molecule has 0 saturated carbocycles. The van der Waals surface area contributed by atoms with Crippen LogP contribution in [0.2, 0.25) is 0 Å². The number of hydrogen-bond acceptors (Lipinski definition) is 2. The molecule has 1 saturated heterocycles. The van der Waals surface area contributed by atoms with E-state index < -0.39 is 0 Å². The Hall–Kier alpha value is -2.01. The average molecular weight is 388 g/mol. The first-order valence-electron chi connectivity index (χ1n) is 8.24. The quantitative estimate of drug-likeness (QED) is 0.862. The number of carbonyl (C=O) groups excluding carboxylic acids is 1. The Morgan fingerprint density at radius 1 is 1.04 bits per heavy atom. The number of nitrogens with zero attached hydrogens (tertiary/aromatic N) is 2. The molecule has 1 aliphatic heterocycles. The summed E-state index contributed by atoms with van der Waals surface area (Å²) in [6.45, 7) is 5.19. The number of nitrogens with one attached hydrogen (secondary N) is 1. The second-order valence-electron chi connectivity index (χ2n) is 6.04. The van der Waals surface area contributed by atoms with Crippen LogP contribution < -0.4 is 10.2 Å². The van der Waals surface area contributed by atoms with Crippen LogP contribution in [-0.4, -0.2) is 37.1 Å². The molecule has 0 bridgehead atoms. The van der Waals surface area contributed by atoms with Gasteiger partial charge < -0.3 is 15.1 Å². The van der Waals surface area contributed by atoms with Gasteiger partial charge in [-0.1, -0.05) is 52.3 Å². The maximum absolute atomic E-state index is 12.5. The molecule has 1 aliphatic rings. The maximum atomic E-state index is 12.5. The van der Waals surface area contributed by atoms with Gasteiger partial charge in [0.25, 0.3) is 0 Å². The second-order valence-corrected chi connectivity index (χ2v) is 6.95. The number of rotatable bonds is 3. The molecule has 5 heteroatoms. The first kappa shape index (κ1) is 16.8. The van der Waals surface area contributed by atoms with E-state index in [1.807, 2.05) is 54.3 Å². The topological polar surface area (TPSA) is 35.6 Å². The van der Waals surface area contributed by atoms with Crippen LogP contribution in [0.15, 0.2) is 59.1 Å². The van der Waals surface area contributed by atoms with E-state index in [1.165, 1.54) is 5.69 Å². The summed E-state index contributed by atoms with van der Waals surface area (Å²) in [6.07, 6.45) is 0. The highest BCUT2D eigenvalue weighted by atomic mass is 79.9. The van der Waals surface area contributed by atoms with E-state index in [1.54, 1.807) is 0 Å². The first-order chi connectivity index (χ1) is 11.6. The number of piperazine rings is 1. The molecule has 2 aromatic rings. The Morgan fingerprint density at radius 3 is 2.42 bits per heavy atom. The molecule has 1 N–H and O–H groups in total. The van der Waals surface area contributed by atoms with E-state index in [-0.39, 0.29) is 12.1 Å². The molecule has 1 heterocycles. The number of benzene rings is 2. The van der Waals surface area contributed by atoms with Gasteiger partial charge in [0.2, 0.25) is 0 Å². The zero-order valence-corrected chi connectivity index (χ0v) is 15.4. The molecule has 0 radical (unpaired) electrons. The van der Waals surface area contributed by atoms with Crippen molar-refractivity contribution in [3.63, 3.8) is 0 Å². The van der Waals surface area contributed by atoms with Crippen LogP contribution in [-0.2, 0) is 0 Å². The lowest BCUT2D eigenvalue weighted by Crippen LogP contribution is -2.52. The summed E-state index contributed by atoms with van der Waals surface area (Å²) in [4.78, 5) is 16.7. The van der Waals surface area contributed by atoms with Gasteiger partial charge in [0.15, 0.2) is 0 Å². The molecule has 1 fully saturated rings. The summed E-state index contributed by atoms with van der Waals surface area (Å²) in [6, 6.07) is 18.4. The smallest absolute Gasteiger partial charge is 0.317 e. The van der Waals surface area contributed by atoms with Crippen molar-refractivity contribution in [3.8, 4) is 0 Å². The summed E-state index contributed by atoms with van der Waals surface area (Å²) in [7, 11) is 0. The zero-order chi connectivity index (χ0) is 16.9. The molecule has 2 amide bonds. The minimum atomic E-state index is 0.0141. The summed E-state index contributed by atoms with van der Waals surface area (Å²) in [5.41, 5.74) is 2.32. The van der Waals surface area contributed by atoms with E-state index in [2.05, 4.69) is 38.3 Å². The van der Waals surface area contributed by atoms with Crippen LogP contribution in [0.1, 0.15) is 18.5 Å². The van der Waals surface area contributed by atoms with Gasteiger partial charge in [-0.2, -0.15) is 0 Å². The average Bonchev–Trinajstić information content (AvgIpc) is 2.62. The molecule has 0 aliphatic carbocycles. The highest BCUT2D eigenvalue weighted by Crippen LogP contribution is 2.21. The van der Waals surface area contributed by atoms with Crippen molar-refractivity contribution in [1.29, 1.82) is 0 Å². The van der Waals surface area contributed by atoms with Gasteiger partial charge in [-0.05, 0) is 30.7 Å². The van der Waals surface area contributed by atoms with Gasteiger partial charge in [-0.3, -0.25) is 0 Å². The van der Waals surface area contributed by atoms with E-state index in [4.69, 9.17) is 0 Å². The molecular weight excluding hydrogens is 366 g/mol. The highest BCUT2D eigenvalue weighted by Gasteiger charge is 2.22. The Balaban J connectivity index is 1.53. The standard InChI is InChI=1S/C19H22BrN3O/c1-15(16-6-3-2-4-7-16)21-19(24)23-12-10-22(11-13-23)18-9-5-8-17(20)14-18/h2-9,14-15H,10-13H2,1H3,(H,21,24). The first-order valence-corrected chi connectivity index (χ1v) is 9.03. The molecule has 0 spiro atoms. The second kappa shape index (κ2) is 7.71. The Bertz CT molecular complexity index is 684. The third kappa shape index (κ3) is 4.09. The fraction of sp³-hybridized carbons (Fsp3) is 0.316. The summed E-state index contributed by atoms with van der Waals surface area (Å²) >= 11 is 3.51. The van der Waals surface area contributed by atoms with Crippen LogP contribution in [0.3, 0.4) is 0 Å². The fourth-order valence-electron chi connectivity index (χ4n) is 2.94. The van der Waals surface area contributed by atoms with Gasteiger partial charge in [-0.25, -0.2) is 4.79 Å². The summed E-state index contributed by atoms with van der Waals surface area (Å²) in [5.74, 6) is 0. The predicted molar refractivity (Wildman–Crippen MR) is 101 cm³/mol. The van der Waals surface area contributed by atoms with Crippen molar-refractivity contribution >= 4 is 27.6 Å². The van der Waals surface area contributed by atoms with Crippen molar-refractivity contribution in [2.45, 2.75) is 13.0 Å². The normalized spacial score (nSPS) is 15.9. The molecule has 4 nitrogen and oxygen atoms in total. The monoisotopic (exact) mass is 387 g/mol. The third-order valence-electron chi connectivity index (χ3n) is 4.38. The van der Waals surface area contributed by atoms with E-state index in [0.717, 1.165) is 36.2 Å². The van der Waals surface area contributed by atoms with Crippen LogP contribution in [0.4, 0.5) is 10.5 Å². The lowest BCUT2D eigenvalue weighted by molar-refractivity contribution is 0.191. The van der Waals surface area contributed by atoms with Crippen molar-refractivity contribution in [3.05, 3.63) is 64.6 Å². The minimum absolute atomic E-state index is 0.0141. The predicted octanol–water partition coefficient (Wildman–Crippen LogP) is 4.04. The molecule has 1 atom stereocenters. The molecule has 126 valence electrons. The van der Waals surface area contributed by atoms with E-state index in [9.17, 15) is 4.79 Å². The lowest BCUT2D eigenvalue weighted by Gasteiger charge is -2.36. The van der Waals surface area contributed by atoms with E-state index >= 15 is 0 Å². The highest BCUT2D eigenvalue weighted by molar-refractivity contribution is 9.10. The van der Waals surface area contributed by atoms with Crippen molar-refractivity contribution < 1.29 is 4.79 Å². The number of hydrogen-bond donors (Lipinski definition) is 1. The van der Waals surface area contributed by atoms with E-state index in [0.29, 0.717) is 0 Å². The molecule has 0 aromatic heterocycles. The van der Waals surface area contributed by atoms with Crippen LogP contribution in [0.5, 0.6) is 0 Å². The molecule has 24 heavy (non-hydrogen) atoms. The number of urea groups is 1. The summed E-state index contributed by atoms with van der Waals surface area (Å²) in [5, 5.41) is 3.09. The van der Waals surface area contributed by atoms with Gasteiger partial charge in [0, 0.05) is 36.3 Å². The SMILES string of the molecule is CC(NC(=O)N1CCN(c2cccc(Br)c2)CC1)c1ccccc1. The largest absolute Gasteiger partial charge is 0.368 e. The molecular formula is C19H22BrN3O. The number of carbonyl (C=O) groups is 1. The van der Waals surface area contributed by atoms with Crippen LogP contribution >= 0.6 is 15.9 Å². The number of anilines is 1. The fourth-order valence-corrected chi connectivity index (χ4v) is 3.33. The molecule has 1 unspecified atom stereocenters. The number of halogens is 1. The Labute approximate surface area is 151 Å². The third-order valence-corrected chi connectivity index (χ3v) is 4.87. The van der Waals surface area contributed by atoms with Crippen molar-refractivity contribution in [1.82, 2.24) is 10.2 Å². The van der Waals surface area contributed by atoms with Gasteiger partial charge in [-0.15, -0.1) is 0 Å². The van der Waals surface area contributed by atoms with Gasteiger partial charge in [0.1, 0.15) is 0 Å². The zero-order valence-electron chi connectivity index (χ0n) is 13.8. The molecule has 3 rings (SSSR count). The van der Waals surface area contributed by atoms with Gasteiger partial charge in [0.05, 0.1) is 6.04 Å². The number of amides is 2. The van der Waals surface area contributed by atoms with Crippen LogP contribution in [0.25, 0.3) is 0 Å². The lowest BCUT2D eigenvalue weighted by atomic mass is 10.1. The Morgan fingerprint density at radius 2 is 1.75 bits per heavy atom. The molecule has 2 aromatic carbocycles. The minimum Gasteiger partial charge on any atom is -0.368 e. The van der Waals surface area contributed by atoms with Gasteiger partial charge >= 0.3 is 6.03 Å². The Kier molecular flexibility index (Phi) is 5.41. The maximum Gasteiger partial charge on any atom is 0.317 e. The van der Waals surface area contributed by atoms with Crippen molar-refractivity contribution in [2.24, 2.45) is 0 Å².